The van der Waals surface area contributed by atoms with Crippen LogP contribution in [-0.4, -0.2) is 31.5 Å². The zero-order valence-electron chi connectivity index (χ0n) is 11.2. The molecule has 0 saturated heterocycles. The molecule has 0 unspecified atom stereocenters. The maximum absolute atomic E-state index is 11.8. The Bertz CT molecular complexity index is 526. The molecule has 0 atom stereocenters. The summed E-state index contributed by atoms with van der Waals surface area (Å²) in [6.07, 6.45) is 3.70. The summed E-state index contributed by atoms with van der Waals surface area (Å²) in [6.45, 7) is 3.57. The van der Waals surface area contributed by atoms with E-state index in [4.69, 9.17) is 11.1 Å². The van der Waals surface area contributed by atoms with E-state index in [1.54, 1.807) is 38.4 Å². The van der Waals surface area contributed by atoms with Gasteiger partial charge in [-0.3, -0.25) is 10.4 Å². The zero-order chi connectivity index (χ0) is 14.5. The van der Waals surface area contributed by atoms with Crippen molar-refractivity contribution in [1.29, 1.82) is 5.41 Å². The smallest absolute Gasteiger partial charge is 0.211 e. The number of nitrogens with zero attached hydrogens (tertiary/aromatic N) is 1. The fourth-order valence-electron chi connectivity index (χ4n) is 1.26. The lowest BCUT2D eigenvalue weighted by Crippen LogP contribution is -2.42. The molecule has 106 valence electrons. The fraction of sp³-hybridized carbons (Fsp3) is 0.500. The van der Waals surface area contributed by atoms with Gasteiger partial charge in [0.1, 0.15) is 0 Å². The van der Waals surface area contributed by atoms with Crippen molar-refractivity contribution in [2.24, 2.45) is 11.1 Å². The number of aryl methyl sites for hydroxylation is 1. The summed E-state index contributed by atoms with van der Waals surface area (Å²) in [4.78, 5) is 3.88. The zero-order valence-corrected chi connectivity index (χ0v) is 12.0. The molecule has 4 N–H and O–H groups in total. The Kier molecular flexibility index (Phi) is 5.02. The van der Waals surface area contributed by atoms with Gasteiger partial charge in [0.05, 0.1) is 11.6 Å². The van der Waals surface area contributed by atoms with Crippen LogP contribution >= 0.6 is 0 Å². The molecule has 0 aromatic carbocycles. The van der Waals surface area contributed by atoms with Crippen LogP contribution in [0.3, 0.4) is 0 Å². The molecule has 0 aliphatic heterocycles. The van der Waals surface area contributed by atoms with Crippen molar-refractivity contribution >= 4 is 15.9 Å². The highest BCUT2D eigenvalue weighted by atomic mass is 32.2. The summed E-state index contributed by atoms with van der Waals surface area (Å²) in [6, 6.07) is 3.57. The third kappa shape index (κ3) is 5.35. The van der Waals surface area contributed by atoms with Crippen LogP contribution in [-0.2, 0) is 16.4 Å². The number of nitrogens with one attached hydrogen (secondary N) is 2. The second-order valence-corrected chi connectivity index (χ2v) is 6.97. The normalized spacial score (nSPS) is 12.3. The molecule has 0 saturated carbocycles. The van der Waals surface area contributed by atoms with Crippen molar-refractivity contribution < 1.29 is 8.42 Å². The lowest BCUT2D eigenvalue weighted by Gasteiger charge is -2.23. The van der Waals surface area contributed by atoms with E-state index in [0.717, 1.165) is 5.56 Å². The molecule has 0 aliphatic carbocycles. The standard InChI is InChI=1S/C12H20N4O2S/c1-12(2,11(13)14)9-16-19(17,18)8-5-10-3-6-15-7-4-10/h3-4,6-7,16H,5,8-9H2,1-2H3,(H3,13,14). The number of nitrogens with two attached hydrogens (primary N) is 1. The lowest BCUT2D eigenvalue weighted by atomic mass is 9.93. The second kappa shape index (κ2) is 6.12. The lowest BCUT2D eigenvalue weighted by molar-refractivity contribution is 0.493. The molecule has 6 nitrogen and oxygen atoms in total. The Morgan fingerprint density at radius 1 is 1.42 bits per heavy atom. The topological polar surface area (TPSA) is 109 Å². The molecule has 0 amide bonds. The molecule has 1 rings (SSSR count). The average molecular weight is 284 g/mol. The van der Waals surface area contributed by atoms with Crippen molar-refractivity contribution in [3.05, 3.63) is 30.1 Å². The van der Waals surface area contributed by atoms with Crippen LogP contribution in [0.2, 0.25) is 0 Å². The van der Waals surface area contributed by atoms with E-state index in [-0.39, 0.29) is 18.1 Å². The highest BCUT2D eigenvalue weighted by Crippen LogP contribution is 2.13. The van der Waals surface area contributed by atoms with Gasteiger partial charge in [0, 0.05) is 24.4 Å². The van der Waals surface area contributed by atoms with Gasteiger partial charge in [-0.25, -0.2) is 13.1 Å². The fourth-order valence-corrected chi connectivity index (χ4v) is 2.49. The number of hydrogen-bond donors (Lipinski definition) is 3. The van der Waals surface area contributed by atoms with Crippen LogP contribution in [0.15, 0.2) is 24.5 Å². The predicted octanol–water partition coefficient (Wildman–Crippen LogP) is 0.506. The van der Waals surface area contributed by atoms with Gasteiger partial charge in [-0.2, -0.15) is 0 Å². The largest absolute Gasteiger partial charge is 0.387 e. The number of aromatic nitrogens is 1. The summed E-state index contributed by atoms with van der Waals surface area (Å²) in [5, 5.41) is 7.38. The Labute approximate surface area is 114 Å². The van der Waals surface area contributed by atoms with Gasteiger partial charge in [-0.1, -0.05) is 13.8 Å². The number of sulfonamides is 1. The summed E-state index contributed by atoms with van der Waals surface area (Å²) < 4.78 is 26.2. The van der Waals surface area contributed by atoms with Gasteiger partial charge < -0.3 is 5.73 Å². The van der Waals surface area contributed by atoms with Crippen LogP contribution in [0, 0.1) is 10.8 Å². The number of pyridine rings is 1. The van der Waals surface area contributed by atoms with Crippen LogP contribution < -0.4 is 10.5 Å². The van der Waals surface area contributed by atoms with Crippen LogP contribution in [0.25, 0.3) is 0 Å². The molecule has 0 aliphatic rings. The molecule has 1 aromatic heterocycles. The molecular formula is C12H20N4O2S. The molecular weight excluding hydrogens is 264 g/mol. The first-order valence-corrected chi connectivity index (χ1v) is 7.59. The van der Waals surface area contributed by atoms with Crippen molar-refractivity contribution in [3.63, 3.8) is 0 Å². The van der Waals surface area contributed by atoms with E-state index in [9.17, 15) is 8.42 Å². The maximum atomic E-state index is 11.8. The van der Waals surface area contributed by atoms with E-state index in [0.29, 0.717) is 6.42 Å². The number of hydrogen-bond acceptors (Lipinski definition) is 4. The summed E-state index contributed by atoms with van der Waals surface area (Å²) in [7, 11) is -3.37. The molecule has 19 heavy (non-hydrogen) atoms. The van der Waals surface area contributed by atoms with E-state index in [2.05, 4.69) is 9.71 Å². The second-order valence-electron chi connectivity index (χ2n) is 5.04. The highest BCUT2D eigenvalue weighted by Gasteiger charge is 2.24. The van der Waals surface area contributed by atoms with Crippen molar-refractivity contribution in [2.75, 3.05) is 12.3 Å². The summed E-state index contributed by atoms with van der Waals surface area (Å²) >= 11 is 0. The Hall–Kier alpha value is -1.47. The monoisotopic (exact) mass is 284 g/mol. The van der Waals surface area contributed by atoms with Crippen molar-refractivity contribution in [2.45, 2.75) is 20.3 Å². The van der Waals surface area contributed by atoms with Crippen LogP contribution in [0.5, 0.6) is 0 Å². The minimum Gasteiger partial charge on any atom is -0.387 e. The Morgan fingerprint density at radius 2 is 2.00 bits per heavy atom. The van der Waals surface area contributed by atoms with E-state index in [1.807, 2.05) is 0 Å². The summed E-state index contributed by atoms with van der Waals surface area (Å²) in [5.74, 6) is -0.0327. The van der Waals surface area contributed by atoms with Crippen LogP contribution in [0.4, 0.5) is 0 Å². The van der Waals surface area contributed by atoms with E-state index < -0.39 is 15.4 Å². The third-order valence-corrected chi connectivity index (χ3v) is 4.20. The Morgan fingerprint density at radius 3 is 2.53 bits per heavy atom. The molecule has 0 fully saturated rings. The molecule has 0 bridgehead atoms. The quantitative estimate of drug-likeness (QED) is 0.500. The first-order chi connectivity index (χ1) is 8.73. The summed E-state index contributed by atoms with van der Waals surface area (Å²) in [5.41, 5.74) is 5.65. The number of rotatable bonds is 7. The van der Waals surface area contributed by atoms with Gasteiger partial charge in [-0.05, 0) is 24.1 Å². The SMILES string of the molecule is CC(C)(CNS(=O)(=O)CCc1ccncc1)C(=N)N. The predicted molar refractivity (Wildman–Crippen MR) is 75.4 cm³/mol. The molecule has 0 radical (unpaired) electrons. The average Bonchev–Trinajstić information content (AvgIpc) is 2.36. The van der Waals surface area contributed by atoms with Crippen LogP contribution in [0.1, 0.15) is 19.4 Å². The van der Waals surface area contributed by atoms with E-state index in [1.165, 1.54) is 0 Å². The molecule has 7 heteroatoms. The van der Waals surface area contributed by atoms with E-state index >= 15 is 0 Å². The first-order valence-electron chi connectivity index (χ1n) is 5.94. The maximum Gasteiger partial charge on any atom is 0.211 e. The molecule has 1 heterocycles. The van der Waals surface area contributed by atoms with Gasteiger partial charge in [0.2, 0.25) is 10.0 Å². The van der Waals surface area contributed by atoms with Gasteiger partial charge in [-0.15, -0.1) is 0 Å². The third-order valence-electron chi connectivity index (χ3n) is 2.87. The van der Waals surface area contributed by atoms with Gasteiger partial charge in [0.25, 0.3) is 0 Å². The highest BCUT2D eigenvalue weighted by molar-refractivity contribution is 7.89. The first kappa shape index (κ1) is 15.6. The van der Waals surface area contributed by atoms with Gasteiger partial charge >= 0.3 is 0 Å². The Balaban J connectivity index is 2.51. The van der Waals surface area contributed by atoms with Crippen molar-refractivity contribution in [1.82, 2.24) is 9.71 Å². The van der Waals surface area contributed by atoms with Gasteiger partial charge in [0.15, 0.2) is 0 Å². The van der Waals surface area contributed by atoms with Crippen molar-refractivity contribution in [3.8, 4) is 0 Å². The number of amidine groups is 1. The molecule has 1 aromatic rings. The molecule has 0 spiro atoms. The minimum absolute atomic E-state index is 0.00496. The minimum atomic E-state index is -3.37.